The van der Waals surface area contributed by atoms with Gasteiger partial charge in [-0.25, -0.2) is 0 Å². The molecule has 1 aliphatic heterocycles. The molecule has 0 saturated heterocycles. The van der Waals surface area contributed by atoms with Crippen LogP contribution in [0.3, 0.4) is 0 Å². The van der Waals surface area contributed by atoms with Crippen molar-refractivity contribution in [2.24, 2.45) is 0 Å². The van der Waals surface area contributed by atoms with Crippen molar-refractivity contribution in [1.29, 1.82) is 0 Å². The van der Waals surface area contributed by atoms with Gasteiger partial charge in [0.1, 0.15) is 6.61 Å². The van der Waals surface area contributed by atoms with Crippen molar-refractivity contribution in [2.75, 3.05) is 20.2 Å². The summed E-state index contributed by atoms with van der Waals surface area (Å²) in [6.07, 6.45) is 2.30. The Morgan fingerprint density at radius 1 is 1.26 bits per heavy atom. The van der Waals surface area contributed by atoms with Crippen LogP contribution in [0.15, 0.2) is 41.8 Å². The number of thiophene rings is 1. The molecule has 23 heavy (non-hydrogen) atoms. The van der Waals surface area contributed by atoms with Gasteiger partial charge in [-0.2, -0.15) is 0 Å². The molecule has 1 atom stereocenters. The molecule has 4 nitrogen and oxygen atoms in total. The summed E-state index contributed by atoms with van der Waals surface area (Å²) in [4.78, 5) is 15.3. The monoisotopic (exact) mass is 331 g/mol. The van der Waals surface area contributed by atoms with Gasteiger partial charge in [0.05, 0.1) is 6.54 Å². The van der Waals surface area contributed by atoms with E-state index >= 15 is 0 Å². The predicted octanol–water partition coefficient (Wildman–Crippen LogP) is 3.37. The number of nitrogens with zero attached hydrogens (tertiary/aromatic N) is 1. The van der Waals surface area contributed by atoms with Gasteiger partial charge in [0.25, 0.3) is 0 Å². The smallest absolute Gasteiger partial charge is 0.222 e. The van der Waals surface area contributed by atoms with E-state index < -0.39 is 0 Å². The van der Waals surface area contributed by atoms with Crippen LogP contribution in [0.1, 0.15) is 17.7 Å². The standard InChI is InChI=1S/C18H21NO3S/c1-19(18(20)10-4-6-15-7-5-11-23-15)12-14-13-21-16-8-2-3-9-17(16)22-14/h2-3,5,7-9,11,14H,4,6,10,12-13H2,1H3. The zero-order chi connectivity index (χ0) is 16.1. The molecule has 0 bridgehead atoms. The lowest BCUT2D eigenvalue weighted by Gasteiger charge is -2.29. The number of carbonyl (C=O) groups is 1. The lowest BCUT2D eigenvalue weighted by Crippen LogP contribution is -2.41. The first-order valence-corrected chi connectivity index (χ1v) is 8.75. The molecule has 1 unspecified atom stereocenters. The highest BCUT2D eigenvalue weighted by molar-refractivity contribution is 7.09. The van der Waals surface area contributed by atoms with Crippen LogP contribution >= 0.6 is 11.3 Å². The number of amides is 1. The molecule has 3 rings (SSSR count). The highest BCUT2D eigenvalue weighted by Gasteiger charge is 2.23. The highest BCUT2D eigenvalue weighted by atomic mass is 32.1. The van der Waals surface area contributed by atoms with Gasteiger partial charge in [-0.15, -0.1) is 11.3 Å². The van der Waals surface area contributed by atoms with Gasteiger partial charge in [-0.05, 0) is 36.4 Å². The lowest BCUT2D eigenvalue weighted by atomic mass is 10.2. The number of benzene rings is 1. The molecule has 2 aromatic rings. The van der Waals surface area contributed by atoms with E-state index in [1.54, 1.807) is 16.2 Å². The molecule has 0 spiro atoms. The SMILES string of the molecule is CN(CC1COc2ccccc2O1)C(=O)CCCc1cccs1. The van der Waals surface area contributed by atoms with Crippen molar-refractivity contribution in [3.8, 4) is 11.5 Å². The molecule has 2 heterocycles. The minimum atomic E-state index is -0.115. The van der Waals surface area contributed by atoms with E-state index in [1.165, 1.54) is 4.88 Å². The summed E-state index contributed by atoms with van der Waals surface area (Å²) in [5, 5.41) is 2.07. The zero-order valence-electron chi connectivity index (χ0n) is 13.2. The van der Waals surface area contributed by atoms with Crippen LogP contribution in [-0.2, 0) is 11.2 Å². The van der Waals surface area contributed by atoms with Crippen molar-refractivity contribution in [2.45, 2.75) is 25.4 Å². The van der Waals surface area contributed by atoms with Crippen LogP contribution in [0.2, 0.25) is 0 Å². The van der Waals surface area contributed by atoms with Gasteiger partial charge < -0.3 is 14.4 Å². The van der Waals surface area contributed by atoms with E-state index in [4.69, 9.17) is 9.47 Å². The first-order valence-electron chi connectivity index (χ1n) is 7.87. The third kappa shape index (κ3) is 4.26. The van der Waals surface area contributed by atoms with Crippen LogP contribution in [0.5, 0.6) is 11.5 Å². The quantitative estimate of drug-likeness (QED) is 0.815. The van der Waals surface area contributed by atoms with Gasteiger partial charge in [0.2, 0.25) is 5.91 Å². The lowest BCUT2D eigenvalue weighted by molar-refractivity contribution is -0.131. The molecule has 122 valence electrons. The number of hydrogen-bond acceptors (Lipinski definition) is 4. The maximum atomic E-state index is 12.2. The fourth-order valence-electron chi connectivity index (χ4n) is 2.62. The van der Waals surface area contributed by atoms with Gasteiger partial charge in [0.15, 0.2) is 17.6 Å². The summed E-state index contributed by atoms with van der Waals surface area (Å²) >= 11 is 1.74. The number of hydrogen-bond donors (Lipinski definition) is 0. The van der Waals surface area contributed by atoms with E-state index in [2.05, 4.69) is 11.4 Å². The number of ether oxygens (including phenoxy) is 2. The Kier molecular flexibility index (Phi) is 5.18. The Hall–Kier alpha value is -2.01. The van der Waals surface area contributed by atoms with Crippen molar-refractivity contribution in [3.63, 3.8) is 0 Å². The number of likely N-dealkylation sites (N-methyl/N-ethyl adjacent to an activating group) is 1. The first kappa shape index (κ1) is 15.9. The Bertz CT molecular complexity index is 641. The molecule has 1 aromatic heterocycles. The summed E-state index contributed by atoms with van der Waals surface area (Å²) in [5.74, 6) is 1.68. The molecule has 0 aliphatic carbocycles. The second kappa shape index (κ2) is 7.51. The third-order valence-electron chi connectivity index (χ3n) is 3.86. The van der Waals surface area contributed by atoms with Crippen LogP contribution in [-0.4, -0.2) is 37.1 Å². The third-order valence-corrected chi connectivity index (χ3v) is 4.80. The van der Waals surface area contributed by atoms with E-state index in [9.17, 15) is 4.79 Å². The Morgan fingerprint density at radius 3 is 2.87 bits per heavy atom. The molecule has 0 N–H and O–H groups in total. The normalized spacial score (nSPS) is 16.1. The molecule has 0 radical (unpaired) electrons. The zero-order valence-corrected chi connectivity index (χ0v) is 14.1. The average molecular weight is 331 g/mol. The molecule has 1 amide bonds. The van der Waals surface area contributed by atoms with E-state index in [-0.39, 0.29) is 12.0 Å². The maximum Gasteiger partial charge on any atom is 0.222 e. The van der Waals surface area contributed by atoms with Crippen LogP contribution in [0.4, 0.5) is 0 Å². The largest absolute Gasteiger partial charge is 0.486 e. The van der Waals surface area contributed by atoms with E-state index in [0.717, 1.165) is 24.3 Å². The second-order valence-corrected chi connectivity index (χ2v) is 6.74. The number of fused-ring (bicyclic) bond motifs is 1. The average Bonchev–Trinajstić information content (AvgIpc) is 3.08. The highest BCUT2D eigenvalue weighted by Crippen LogP contribution is 2.30. The Labute approximate surface area is 140 Å². The minimum absolute atomic E-state index is 0.115. The Balaban J connectivity index is 1.43. The molecular formula is C18H21NO3S. The van der Waals surface area contributed by atoms with Crippen molar-refractivity contribution < 1.29 is 14.3 Å². The summed E-state index contributed by atoms with van der Waals surface area (Å²) < 4.78 is 11.6. The van der Waals surface area contributed by atoms with E-state index in [1.807, 2.05) is 37.4 Å². The van der Waals surface area contributed by atoms with Crippen molar-refractivity contribution >= 4 is 17.2 Å². The molecule has 5 heteroatoms. The van der Waals surface area contributed by atoms with Crippen molar-refractivity contribution in [3.05, 3.63) is 46.7 Å². The van der Waals surface area contributed by atoms with Crippen LogP contribution in [0.25, 0.3) is 0 Å². The summed E-state index contributed by atoms with van der Waals surface area (Å²) in [5.41, 5.74) is 0. The molecular weight excluding hydrogens is 310 g/mol. The number of aryl methyl sites for hydroxylation is 1. The van der Waals surface area contributed by atoms with E-state index in [0.29, 0.717) is 19.6 Å². The summed E-state index contributed by atoms with van der Waals surface area (Å²) in [7, 11) is 1.83. The van der Waals surface area contributed by atoms with Crippen LogP contribution in [0, 0.1) is 0 Å². The number of carbonyl (C=O) groups excluding carboxylic acids is 1. The molecule has 0 fully saturated rings. The second-order valence-electron chi connectivity index (χ2n) is 5.70. The number of rotatable bonds is 6. The molecule has 1 aliphatic rings. The van der Waals surface area contributed by atoms with Gasteiger partial charge in [-0.1, -0.05) is 18.2 Å². The first-order chi connectivity index (χ1) is 11.2. The molecule has 0 saturated carbocycles. The molecule has 1 aromatic carbocycles. The van der Waals surface area contributed by atoms with Crippen LogP contribution < -0.4 is 9.47 Å². The van der Waals surface area contributed by atoms with Gasteiger partial charge >= 0.3 is 0 Å². The Morgan fingerprint density at radius 2 is 2.09 bits per heavy atom. The van der Waals surface area contributed by atoms with Crippen molar-refractivity contribution in [1.82, 2.24) is 4.90 Å². The fraction of sp³-hybridized carbons (Fsp3) is 0.389. The topological polar surface area (TPSA) is 38.8 Å². The summed E-state index contributed by atoms with van der Waals surface area (Å²) in [6.45, 7) is 1.02. The predicted molar refractivity (Wildman–Crippen MR) is 91.2 cm³/mol. The maximum absolute atomic E-state index is 12.2. The van der Waals surface area contributed by atoms with Gasteiger partial charge in [0, 0.05) is 18.3 Å². The fourth-order valence-corrected chi connectivity index (χ4v) is 3.37. The number of para-hydroxylation sites is 2. The van der Waals surface area contributed by atoms with Gasteiger partial charge in [-0.3, -0.25) is 4.79 Å². The minimum Gasteiger partial charge on any atom is -0.486 e. The summed E-state index contributed by atoms with van der Waals surface area (Å²) in [6, 6.07) is 11.8.